The number of hydrogen-bond donors (Lipinski definition) is 1. The zero-order valence-corrected chi connectivity index (χ0v) is 9.72. The standard InChI is InChI=1S/C6H10N2O5S2/c1-3-13-5-4(7)6(14(2,9)10)15(11,12)8-5/h3,7H2,1-2H3. The Kier molecular flexibility index (Phi) is 2.79. The Morgan fingerprint density at radius 3 is 2.33 bits per heavy atom. The van der Waals surface area contributed by atoms with Crippen molar-refractivity contribution in [3.63, 3.8) is 0 Å². The van der Waals surface area contributed by atoms with Crippen molar-refractivity contribution < 1.29 is 21.6 Å². The van der Waals surface area contributed by atoms with E-state index in [1.807, 2.05) is 0 Å². The highest BCUT2D eigenvalue weighted by Gasteiger charge is 2.38. The molecule has 1 aliphatic heterocycles. The fourth-order valence-corrected chi connectivity index (χ4v) is 4.00. The van der Waals surface area contributed by atoms with Crippen molar-refractivity contribution in [3.8, 4) is 0 Å². The second kappa shape index (κ2) is 3.49. The number of hydrogen-bond acceptors (Lipinski definition) is 6. The monoisotopic (exact) mass is 254 g/mol. The molecule has 0 aromatic heterocycles. The molecule has 1 heterocycles. The Morgan fingerprint density at radius 1 is 1.47 bits per heavy atom. The van der Waals surface area contributed by atoms with Crippen LogP contribution in [-0.2, 0) is 24.6 Å². The van der Waals surface area contributed by atoms with Crippen molar-refractivity contribution in [2.75, 3.05) is 12.9 Å². The number of sulfonamides is 1. The van der Waals surface area contributed by atoms with Crippen molar-refractivity contribution in [2.24, 2.45) is 10.1 Å². The maximum atomic E-state index is 11.3. The number of nitrogens with zero attached hydrogens (tertiary/aromatic N) is 1. The number of rotatable bonds is 2. The average Bonchev–Trinajstić information content (AvgIpc) is 2.20. The molecule has 0 radical (unpaired) electrons. The first-order chi connectivity index (χ1) is 6.70. The van der Waals surface area contributed by atoms with E-state index in [4.69, 9.17) is 10.5 Å². The van der Waals surface area contributed by atoms with Crippen LogP contribution in [0.2, 0.25) is 0 Å². The van der Waals surface area contributed by atoms with Gasteiger partial charge in [0.15, 0.2) is 9.84 Å². The van der Waals surface area contributed by atoms with Gasteiger partial charge in [0.2, 0.25) is 4.24 Å². The van der Waals surface area contributed by atoms with Crippen molar-refractivity contribution >= 4 is 25.8 Å². The van der Waals surface area contributed by atoms with Gasteiger partial charge in [0, 0.05) is 6.26 Å². The van der Waals surface area contributed by atoms with Crippen LogP contribution in [0.25, 0.3) is 0 Å². The third-order valence-electron chi connectivity index (χ3n) is 1.51. The smallest absolute Gasteiger partial charge is 0.299 e. The Hall–Kier alpha value is -1.09. The molecule has 0 saturated carbocycles. The minimum Gasteiger partial charge on any atom is -0.476 e. The van der Waals surface area contributed by atoms with Gasteiger partial charge in [-0.1, -0.05) is 0 Å². The van der Waals surface area contributed by atoms with Crippen molar-refractivity contribution in [2.45, 2.75) is 6.92 Å². The first kappa shape index (κ1) is 12.0. The minimum atomic E-state index is -4.24. The molecule has 0 aliphatic carbocycles. The summed E-state index contributed by atoms with van der Waals surface area (Å²) in [4.78, 5) is 0. The molecule has 0 aromatic rings. The number of ether oxygens (including phenoxy) is 1. The molecular formula is C6H10N2O5S2. The highest BCUT2D eigenvalue weighted by atomic mass is 32.3. The summed E-state index contributed by atoms with van der Waals surface area (Å²) in [6.45, 7) is 1.74. The third-order valence-corrected chi connectivity index (χ3v) is 5.03. The van der Waals surface area contributed by atoms with E-state index in [0.717, 1.165) is 6.26 Å². The van der Waals surface area contributed by atoms with E-state index in [1.54, 1.807) is 6.92 Å². The van der Waals surface area contributed by atoms with Gasteiger partial charge in [-0.3, -0.25) is 0 Å². The predicted octanol–water partition coefficient (Wildman–Crippen LogP) is -1.06. The lowest BCUT2D eigenvalue weighted by Crippen LogP contribution is -2.17. The normalized spacial score (nSPS) is 20.3. The Labute approximate surface area is 87.6 Å². The summed E-state index contributed by atoms with van der Waals surface area (Å²) in [5.74, 6) is -0.363. The van der Waals surface area contributed by atoms with Gasteiger partial charge in [0.1, 0.15) is 5.70 Å². The Balaban J connectivity index is 3.43. The molecule has 9 heteroatoms. The van der Waals surface area contributed by atoms with Crippen LogP contribution in [0.3, 0.4) is 0 Å². The van der Waals surface area contributed by atoms with Gasteiger partial charge < -0.3 is 10.5 Å². The highest BCUT2D eigenvalue weighted by Crippen LogP contribution is 2.25. The van der Waals surface area contributed by atoms with Crippen LogP contribution >= 0.6 is 0 Å². The number of sulfone groups is 1. The molecule has 0 amide bonds. The summed E-state index contributed by atoms with van der Waals surface area (Å²) < 4.78 is 52.0. The van der Waals surface area contributed by atoms with E-state index in [9.17, 15) is 16.8 Å². The average molecular weight is 254 g/mol. The SMILES string of the molecule is CCOC1=NS(=O)(=O)C(S(C)(=O)=O)=C1N. The lowest BCUT2D eigenvalue weighted by atomic mass is 10.5. The molecule has 15 heavy (non-hydrogen) atoms. The van der Waals surface area contributed by atoms with Crippen molar-refractivity contribution in [3.05, 3.63) is 9.93 Å². The van der Waals surface area contributed by atoms with Crippen LogP contribution in [-0.4, -0.2) is 35.6 Å². The summed E-state index contributed by atoms with van der Waals surface area (Å²) in [6, 6.07) is 0. The lowest BCUT2D eigenvalue weighted by molar-refractivity contribution is 0.328. The molecule has 2 N–H and O–H groups in total. The van der Waals surface area contributed by atoms with Crippen molar-refractivity contribution in [1.82, 2.24) is 0 Å². The van der Waals surface area contributed by atoms with Gasteiger partial charge in [0.25, 0.3) is 15.9 Å². The van der Waals surface area contributed by atoms with Crippen LogP contribution in [0.1, 0.15) is 6.92 Å². The van der Waals surface area contributed by atoms with E-state index in [-0.39, 0.29) is 12.5 Å². The van der Waals surface area contributed by atoms with Crippen LogP contribution in [0.5, 0.6) is 0 Å². The molecule has 1 aliphatic rings. The van der Waals surface area contributed by atoms with Crippen LogP contribution in [0, 0.1) is 0 Å². The van der Waals surface area contributed by atoms with Gasteiger partial charge in [-0.25, -0.2) is 8.42 Å². The van der Waals surface area contributed by atoms with E-state index in [1.165, 1.54) is 0 Å². The molecule has 0 unspecified atom stereocenters. The maximum Gasteiger partial charge on any atom is 0.299 e. The summed E-state index contributed by atoms with van der Waals surface area (Å²) >= 11 is 0. The second-order valence-electron chi connectivity index (χ2n) is 2.78. The topological polar surface area (TPSA) is 116 Å². The molecule has 0 aromatic carbocycles. The van der Waals surface area contributed by atoms with E-state index in [2.05, 4.69) is 4.40 Å². The molecule has 0 atom stereocenters. The molecule has 7 nitrogen and oxygen atoms in total. The second-order valence-corrected chi connectivity index (χ2v) is 6.53. The van der Waals surface area contributed by atoms with E-state index >= 15 is 0 Å². The Morgan fingerprint density at radius 2 is 2.00 bits per heavy atom. The zero-order valence-electron chi connectivity index (χ0n) is 8.09. The Bertz CT molecular complexity index is 540. The quantitative estimate of drug-likeness (QED) is 0.671. The molecular weight excluding hydrogens is 244 g/mol. The van der Waals surface area contributed by atoms with Gasteiger partial charge >= 0.3 is 0 Å². The van der Waals surface area contributed by atoms with E-state index in [0.29, 0.717) is 0 Å². The predicted molar refractivity (Wildman–Crippen MR) is 54.0 cm³/mol. The fourth-order valence-electron chi connectivity index (χ4n) is 1.06. The van der Waals surface area contributed by atoms with E-state index < -0.39 is 29.8 Å². The largest absolute Gasteiger partial charge is 0.476 e. The van der Waals surface area contributed by atoms with Crippen LogP contribution in [0.4, 0.5) is 0 Å². The van der Waals surface area contributed by atoms with Gasteiger partial charge in [-0.2, -0.15) is 8.42 Å². The fraction of sp³-hybridized carbons (Fsp3) is 0.500. The van der Waals surface area contributed by atoms with Gasteiger partial charge in [-0.15, -0.1) is 4.40 Å². The number of nitrogens with two attached hydrogens (primary N) is 1. The molecule has 0 fully saturated rings. The first-order valence-electron chi connectivity index (χ1n) is 3.88. The third kappa shape index (κ3) is 2.12. The van der Waals surface area contributed by atoms with Crippen LogP contribution in [0.15, 0.2) is 14.3 Å². The summed E-state index contributed by atoms with van der Waals surface area (Å²) in [6.07, 6.45) is 0.747. The van der Waals surface area contributed by atoms with Crippen molar-refractivity contribution in [1.29, 1.82) is 0 Å². The van der Waals surface area contributed by atoms with Gasteiger partial charge in [-0.05, 0) is 6.92 Å². The lowest BCUT2D eigenvalue weighted by Gasteiger charge is -2.01. The summed E-state index contributed by atoms with van der Waals surface area (Å²) in [7, 11) is -8.17. The van der Waals surface area contributed by atoms with Crippen LogP contribution < -0.4 is 5.73 Å². The van der Waals surface area contributed by atoms with Gasteiger partial charge in [0.05, 0.1) is 6.61 Å². The summed E-state index contributed by atoms with van der Waals surface area (Å²) in [5.41, 5.74) is 4.88. The molecule has 0 bridgehead atoms. The molecule has 86 valence electrons. The molecule has 0 saturated heterocycles. The zero-order chi connectivity index (χ0) is 11.9. The molecule has 1 rings (SSSR count). The summed E-state index contributed by atoms with van der Waals surface area (Å²) in [5, 5.41) is 0. The minimum absolute atomic E-state index is 0.145. The first-order valence-corrected chi connectivity index (χ1v) is 7.21. The molecule has 0 spiro atoms. The maximum absolute atomic E-state index is 11.3. The highest BCUT2D eigenvalue weighted by molar-refractivity contribution is 8.13.